The van der Waals surface area contributed by atoms with E-state index in [4.69, 9.17) is 0 Å². The van der Waals surface area contributed by atoms with Crippen LogP contribution in [0.25, 0.3) is 0 Å². The van der Waals surface area contributed by atoms with Gasteiger partial charge in [-0.25, -0.2) is 4.98 Å². The maximum atomic E-state index is 11.8. The quantitative estimate of drug-likeness (QED) is 0.657. The first-order valence-electron chi connectivity index (χ1n) is 6.11. The lowest BCUT2D eigenvalue weighted by Gasteiger charge is -2.02. The molecule has 16 heavy (non-hydrogen) atoms. The first kappa shape index (κ1) is 13.4. The van der Waals surface area contributed by atoms with Gasteiger partial charge in [-0.1, -0.05) is 39.0 Å². The van der Waals surface area contributed by atoms with Crippen molar-refractivity contribution in [1.29, 1.82) is 0 Å². The van der Waals surface area contributed by atoms with E-state index >= 15 is 0 Å². The molecule has 0 aliphatic rings. The third-order valence-corrected chi connectivity index (χ3v) is 4.12. The first-order chi connectivity index (χ1) is 7.75. The van der Waals surface area contributed by atoms with Crippen LogP contribution in [0.1, 0.15) is 45.4 Å². The molecule has 3 nitrogen and oxygen atoms in total. The summed E-state index contributed by atoms with van der Waals surface area (Å²) in [7, 11) is 0.971. The molecule has 1 aromatic rings. The van der Waals surface area contributed by atoms with Crippen LogP contribution in [-0.2, 0) is 17.8 Å². The maximum Gasteiger partial charge on any atom is 0.198 e. The second-order valence-electron chi connectivity index (χ2n) is 4.14. The Morgan fingerprint density at radius 3 is 2.56 bits per heavy atom. The summed E-state index contributed by atoms with van der Waals surface area (Å²) in [6.07, 6.45) is 11.0. The number of nitrogens with zero attached hydrogens (tertiary/aromatic N) is 2. The summed E-state index contributed by atoms with van der Waals surface area (Å²) in [6, 6.07) is 0. The van der Waals surface area contributed by atoms with Crippen molar-refractivity contribution < 1.29 is 4.21 Å². The van der Waals surface area contributed by atoms with Gasteiger partial charge in [0.1, 0.15) is 0 Å². The van der Waals surface area contributed by atoms with E-state index in [0.717, 1.165) is 12.2 Å². The molecule has 92 valence electrons. The minimum atomic E-state index is -0.919. The number of aromatic nitrogens is 2. The van der Waals surface area contributed by atoms with E-state index in [-0.39, 0.29) is 0 Å². The standard InChI is InChI=1S/C12H22N2OS/c1-3-4-5-6-7-8-11-16(15)12-13-9-10-14(12)2/h9-10H,3-8,11H2,1-2H3. The van der Waals surface area contributed by atoms with E-state index in [9.17, 15) is 4.21 Å². The molecule has 0 fully saturated rings. The van der Waals surface area contributed by atoms with Gasteiger partial charge in [0.2, 0.25) is 0 Å². The summed E-state index contributed by atoms with van der Waals surface area (Å²) < 4.78 is 13.7. The SMILES string of the molecule is CCCCCCCCS(=O)c1nccn1C. The van der Waals surface area contributed by atoms with Crippen molar-refractivity contribution in [3.8, 4) is 0 Å². The summed E-state index contributed by atoms with van der Waals surface area (Å²) in [4.78, 5) is 4.11. The molecule has 1 rings (SSSR count). The van der Waals surface area contributed by atoms with Crippen LogP contribution in [0.4, 0.5) is 0 Å². The molecule has 0 N–H and O–H groups in total. The Kier molecular flexibility index (Phi) is 6.38. The van der Waals surface area contributed by atoms with Crippen LogP contribution in [0.5, 0.6) is 0 Å². The summed E-state index contributed by atoms with van der Waals surface area (Å²) in [5, 5.41) is 0.702. The van der Waals surface area contributed by atoms with Crippen molar-refractivity contribution in [3.05, 3.63) is 12.4 Å². The van der Waals surface area contributed by atoms with Crippen LogP contribution in [0, 0.1) is 0 Å². The van der Waals surface area contributed by atoms with Crippen molar-refractivity contribution in [2.45, 2.75) is 50.6 Å². The maximum absolute atomic E-state index is 11.8. The van der Waals surface area contributed by atoms with Gasteiger partial charge in [0.15, 0.2) is 5.16 Å². The molecule has 0 amide bonds. The highest BCUT2D eigenvalue weighted by atomic mass is 32.2. The number of rotatable bonds is 8. The van der Waals surface area contributed by atoms with Crippen molar-refractivity contribution in [2.75, 3.05) is 5.75 Å². The Bertz CT molecular complexity index is 323. The molecular weight excluding hydrogens is 220 g/mol. The van der Waals surface area contributed by atoms with E-state index in [1.165, 1.54) is 32.1 Å². The predicted octanol–water partition coefficient (Wildman–Crippen LogP) is 2.89. The third-order valence-electron chi connectivity index (χ3n) is 2.66. The summed E-state index contributed by atoms with van der Waals surface area (Å²) in [6.45, 7) is 2.22. The second kappa shape index (κ2) is 7.60. The number of aryl methyl sites for hydroxylation is 1. The Morgan fingerprint density at radius 2 is 1.94 bits per heavy atom. The largest absolute Gasteiger partial charge is 0.327 e. The highest BCUT2D eigenvalue weighted by Crippen LogP contribution is 2.08. The van der Waals surface area contributed by atoms with Gasteiger partial charge in [0.25, 0.3) is 0 Å². The van der Waals surface area contributed by atoms with E-state index in [1.54, 1.807) is 6.20 Å². The fourth-order valence-corrected chi connectivity index (χ4v) is 2.89. The van der Waals surface area contributed by atoms with Crippen LogP contribution in [0.2, 0.25) is 0 Å². The molecule has 0 bridgehead atoms. The zero-order valence-corrected chi connectivity index (χ0v) is 11.1. The molecule has 0 saturated carbocycles. The smallest absolute Gasteiger partial charge is 0.198 e. The fourth-order valence-electron chi connectivity index (χ4n) is 1.68. The van der Waals surface area contributed by atoms with Crippen LogP contribution in [0.3, 0.4) is 0 Å². The minimum absolute atomic E-state index is 0.702. The lowest BCUT2D eigenvalue weighted by atomic mass is 10.1. The molecule has 1 heterocycles. The highest BCUT2D eigenvalue weighted by Gasteiger charge is 2.07. The van der Waals surface area contributed by atoms with Gasteiger partial charge in [0, 0.05) is 25.2 Å². The normalized spacial score (nSPS) is 12.9. The Morgan fingerprint density at radius 1 is 1.25 bits per heavy atom. The molecule has 0 aromatic carbocycles. The van der Waals surface area contributed by atoms with Crippen LogP contribution >= 0.6 is 0 Å². The van der Waals surface area contributed by atoms with Crippen molar-refractivity contribution >= 4 is 10.8 Å². The summed E-state index contributed by atoms with van der Waals surface area (Å²) >= 11 is 0. The topological polar surface area (TPSA) is 34.9 Å². The predicted molar refractivity (Wildman–Crippen MR) is 67.9 cm³/mol. The molecule has 0 radical (unpaired) electrons. The average Bonchev–Trinajstić information content (AvgIpc) is 2.69. The van der Waals surface area contributed by atoms with Gasteiger partial charge < -0.3 is 4.57 Å². The number of hydrogen-bond donors (Lipinski definition) is 0. The molecule has 0 saturated heterocycles. The number of hydrogen-bond acceptors (Lipinski definition) is 2. The second-order valence-corrected chi connectivity index (χ2v) is 5.60. The summed E-state index contributed by atoms with van der Waals surface area (Å²) in [5.41, 5.74) is 0. The van der Waals surface area contributed by atoms with Crippen LogP contribution in [-0.4, -0.2) is 19.5 Å². The lowest BCUT2D eigenvalue weighted by molar-refractivity contribution is 0.619. The Labute approximate surface area is 101 Å². The van der Waals surface area contributed by atoms with Crippen LogP contribution in [0.15, 0.2) is 17.6 Å². The van der Waals surface area contributed by atoms with Crippen molar-refractivity contribution in [1.82, 2.24) is 9.55 Å². The fraction of sp³-hybridized carbons (Fsp3) is 0.750. The average molecular weight is 242 g/mol. The summed E-state index contributed by atoms with van der Waals surface area (Å²) in [5.74, 6) is 0.747. The van der Waals surface area contributed by atoms with E-state index < -0.39 is 10.8 Å². The minimum Gasteiger partial charge on any atom is -0.327 e. The van der Waals surface area contributed by atoms with Crippen LogP contribution < -0.4 is 0 Å². The molecule has 1 aromatic heterocycles. The van der Waals surface area contributed by atoms with Gasteiger partial charge in [0.05, 0.1) is 10.8 Å². The van der Waals surface area contributed by atoms with E-state index in [2.05, 4.69) is 11.9 Å². The molecule has 0 aliphatic carbocycles. The zero-order chi connectivity index (χ0) is 11.8. The highest BCUT2D eigenvalue weighted by molar-refractivity contribution is 7.84. The van der Waals surface area contributed by atoms with Gasteiger partial charge >= 0.3 is 0 Å². The zero-order valence-electron chi connectivity index (χ0n) is 10.3. The van der Waals surface area contributed by atoms with Crippen molar-refractivity contribution in [2.24, 2.45) is 7.05 Å². The monoisotopic (exact) mass is 242 g/mol. The lowest BCUT2D eigenvalue weighted by Crippen LogP contribution is -2.04. The Balaban J connectivity index is 2.14. The molecular formula is C12H22N2OS. The van der Waals surface area contributed by atoms with Gasteiger partial charge in [-0.3, -0.25) is 4.21 Å². The molecule has 0 aliphatic heterocycles. The number of imidazole rings is 1. The van der Waals surface area contributed by atoms with Gasteiger partial charge in [-0.2, -0.15) is 0 Å². The van der Waals surface area contributed by atoms with E-state index in [0.29, 0.717) is 5.16 Å². The van der Waals surface area contributed by atoms with Gasteiger partial charge in [-0.15, -0.1) is 0 Å². The third kappa shape index (κ3) is 4.47. The number of unbranched alkanes of at least 4 members (excludes halogenated alkanes) is 5. The molecule has 1 atom stereocenters. The molecule has 1 unspecified atom stereocenters. The van der Waals surface area contributed by atoms with E-state index in [1.807, 2.05) is 17.8 Å². The molecule has 0 spiro atoms. The van der Waals surface area contributed by atoms with Gasteiger partial charge in [-0.05, 0) is 6.42 Å². The molecule has 4 heteroatoms. The van der Waals surface area contributed by atoms with Crippen molar-refractivity contribution in [3.63, 3.8) is 0 Å². The first-order valence-corrected chi connectivity index (χ1v) is 7.43. The Hall–Kier alpha value is -0.640.